The lowest BCUT2D eigenvalue weighted by Gasteiger charge is -2.38. The summed E-state index contributed by atoms with van der Waals surface area (Å²) in [6.45, 7) is -0.508. The molecular weight excluding hydrogens is 448 g/mol. The molecule has 34 heavy (non-hydrogen) atoms. The molecule has 176 valence electrons. The molecule has 0 saturated carbocycles. The molecule has 5 N–H and O–H groups in total. The second-order valence-corrected chi connectivity index (χ2v) is 7.99. The highest BCUT2D eigenvalue weighted by Gasteiger charge is 2.39. The van der Waals surface area contributed by atoms with E-state index in [1.165, 1.54) is 0 Å². The van der Waals surface area contributed by atoms with E-state index in [0.717, 1.165) is 16.7 Å². The summed E-state index contributed by atoms with van der Waals surface area (Å²) in [7, 11) is 0. The summed E-state index contributed by atoms with van der Waals surface area (Å²) in [6.07, 6.45) is 0. The molecule has 3 amide bonds. The molecule has 0 radical (unpaired) electrons. The van der Waals surface area contributed by atoms with E-state index < -0.39 is 29.3 Å². The van der Waals surface area contributed by atoms with Crippen LogP contribution in [-0.4, -0.2) is 42.6 Å². The predicted molar refractivity (Wildman–Crippen MR) is 135 cm³/mol. The Kier molecular flexibility index (Phi) is 8.84. The van der Waals surface area contributed by atoms with Crippen molar-refractivity contribution in [3.05, 3.63) is 108 Å². The summed E-state index contributed by atoms with van der Waals surface area (Å²) < 4.78 is 0. The first kappa shape index (κ1) is 25.0. The number of carbonyl (C=O) groups excluding carboxylic acids is 3. The monoisotopic (exact) mass is 476 g/mol. The van der Waals surface area contributed by atoms with Crippen molar-refractivity contribution in [3.8, 4) is 0 Å². The third-order valence-electron chi connectivity index (χ3n) is 5.40. The number of hydrogen-bond acceptors (Lipinski definition) is 5. The Morgan fingerprint density at radius 1 is 0.765 bits per heavy atom. The lowest BCUT2D eigenvalue weighted by Crippen LogP contribution is -2.56. The van der Waals surface area contributed by atoms with Crippen LogP contribution >= 0.6 is 12.6 Å². The molecule has 8 heteroatoms. The zero-order chi connectivity index (χ0) is 24.4. The maximum absolute atomic E-state index is 13.6. The summed E-state index contributed by atoms with van der Waals surface area (Å²) in [4.78, 5) is 37.2. The van der Waals surface area contributed by atoms with Crippen molar-refractivity contribution in [1.29, 1.82) is 0 Å². The Hall–Kier alpha value is -3.62. The molecule has 0 aliphatic carbocycles. The minimum absolute atomic E-state index is 0.0663. The molecule has 3 aromatic carbocycles. The van der Waals surface area contributed by atoms with E-state index in [0.29, 0.717) is 0 Å². The Balaban J connectivity index is 1.99. The van der Waals surface area contributed by atoms with Crippen LogP contribution in [0.1, 0.15) is 16.7 Å². The first-order chi connectivity index (χ1) is 16.5. The van der Waals surface area contributed by atoms with Crippen molar-refractivity contribution in [2.45, 2.75) is 11.6 Å². The summed E-state index contributed by atoms with van der Waals surface area (Å²) >= 11 is 4.29. The zero-order valence-corrected chi connectivity index (χ0v) is 19.5. The molecule has 0 unspecified atom stereocenters. The molecule has 0 bridgehead atoms. The summed E-state index contributed by atoms with van der Waals surface area (Å²) in [5.74, 6) is -1.32. The molecular formula is C26H28N4O3S. The van der Waals surface area contributed by atoms with Crippen LogP contribution in [0.25, 0.3) is 0 Å². The highest BCUT2D eigenvalue weighted by molar-refractivity contribution is 7.80. The number of hydrogen-bond donors (Lipinski definition) is 5. The number of carbonyl (C=O) groups is 3. The van der Waals surface area contributed by atoms with Crippen molar-refractivity contribution in [2.24, 2.45) is 5.73 Å². The fraction of sp³-hybridized carbons (Fsp3) is 0.192. The number of nitrogens with one attached hydrogen (secondary N) is 3. The molecule has 0 spiro atoms. The summed E-state index contributed by atoms with van der Waals surface area (Å²) in [5.41, 5.74) is 6.82. The first-order valence-corrected chi connectivity index (χ1v) is 11.5. The highest BCUT2D eigenvalue weighted by Crippen LogP contribution is 2.36. The van der Waals surface area contributed by atoms with Crippen LogP contribution in [0.5, 0.6) is 0 Å². The average molecular weight is 477 g/mol. The van der Waals surface area contributed by atoms with Crippen LogP contribution < -0.4 is 21.7 Å². The van der Waals surface area contributed by atoms with E-state index in [1.54, 1.807) is 0 Å². The molecule has 0 fully saturated rings. The lowest BCUT2D eigenvalue weighted by molar-refractivity contribution is -0.129. The van der Waals surface area contributed by atoms with Crippen molar-refractivity contribution < 1.29 is 14.4 Å². The van der Waals surface area contributed by atoms with E-state index in [2.05, 4.69) is 28.6 Å². The third-order valence-corrected chi connectivity index (χ3v) is 5.76. The van der Waals surface area contributed by atoms with Gasteiger partial charge in [0, 0.05) is 5.75 Å². The molecule has 1 atom stereocenters. The Morgan fingerprint density at radius 2 is 1.21 bits per heavy atom. The number of thiol groups is 1. The predicted octanol–water partition coefficient (Wildman–Crippen LogP) is 1.58. The van der Waals surface area contributed by atoms with Gasteiger partial charge in [0.05, 0.1) is 13.1 Å². The van der Waals surface area contributed by atoms with E-state index in [1.807, 2.05) is 91.0 Å². The van der Waals surface area contributed by atoms with Crippen LogP contribution in [0.2, 0.25) is 0 Å². The smallest absolute Gasteiger partial charge is 0.244 e. The average Bonchev–Trinajstić information content (AvgIpc) is 2.90. The molecule has 0 saturated heterocycles. The van der Waals surface area contributed by atoms with Crippen LogP contribution in [0.3, 0.4) is 0 Å². The van der Waals surface area contributed by atoms with Crippen molar-refractivity contribution in [2.75, 3.05) is 18.8 Å². The molecule has 7 nitrogen and oxygen atoms in total. The van der Waals surface area contributed by atoms with Gasteiger partial charge in [0.15, 0.2) is 0 Å². The van der Waals surface area contributed by atoms with Crippen LogP contribution in [-0.2, 0) is 19.9 Å². The third kappa shape index (κ3) is 5.84. The zero-order valence-electron chi connectivity index (χ0n) is 18.6. The van der Waals surface area contributed by atoms with Crippen molar-refractivity contribution in [1.82, 2.24) is 16.0 Å². The maximum Gasteiger partial charge on any atom is 0.244 e. The molecule has 0 heterocycles. The fourth-order valence-electron chi connectivity index (χ4n) is 3.74. The van der Waals surface area contributed by atoms with Gasteiger partial charge in [-0.15, -0.1) is 0 Å². The van der Waals surface area contributed by atoms with E-state index in [-0.39, 0.29) is 18.8 Å². The standard InChI is InChI=1S/C26H28N4O3S/c27-16-23(31)28-17-24(32)29-22(18-34)25(33)30-26(19-10-4-1-5-11-19,20-12-6-2-7-13-20)21-14-8-3-9-15-21/h1-15,22,34H,16-18,27H2,(H,28,31)(H,29,32)(H,30,33)/t22-/m1/s1. The molecule has 0 aromatic heterocycles. The van der Waals surface area contributed by atoms with E-state index in [9.17, 15) is 14.4 Å². The largest absolute Gasteiger partial charge is 0.346 e. The van der Waals surface area contributed by atoms with Gasteiger partial charge in [-0.2, -0.15) is 12.6 Å². The normalized spacial score (nSPS) is 11.8. The topological polar surface area (TPSA) is 113 Å². The van der Waals surface area contributed by atoms with Crippen LogP contribution in [0.15, 0.2) is 91.0 Å². The number of nitrogens with two attached hydrogens (primary N) is 1. The fourth-order valence-corrected chi connectivity index (χ4v) is 4.00. The van der Waals surface area contributed by atoms with Crippen LogP contribution in [0, 0.1) is 0 Å². The van der Waals surface area contributed by atoms with Gasteiger partial charge in [0.25, 0.3) is 0 Å². The first-order valence-electron chi connectivity index (χ1n) is 10.9. The van der Waals surface area contributed by atoms with Crippen molar-refractivity contribution in [3.63, 3.8) is 0 Å². The molecule has 0 aliphatic heterocycles. The Bertz CT molecular complexity index is 998. The van der Waals surface area contributed by atoms with Gasteiger partial charge in [0.2, 0.25) is 17.7 Å². The molecule has 0 aliphatic rings. The number of rotatable bonds is 10. The van der Waals surface area contributed by atoms with Gasteiger partial charge in [-0.05, 0) is 16.7 Å². The van der Waals surface area contributed by atoms with Gasteiger partial charge in [-0.3, -0.25) is 14.4 Å². The van der Waals surface area contributed by atoms with Gasteiger partial charge in [0.1, 0.15) is 11.6 Å². The SMILES string of the molecule is NCC(=O)NCC(=O)N[C@H](CS)C(=O)NC(c1ccccc1)(c1ccccc1)c1ccccc1. The minimum Gasteiger partial charge on any atom is -0.346 e. The number of amides is 3. The van der Waals surface area contributed by atoms with Gasteiger partial charge in [-0.25, -0.2) is 0 Å². The number of benzene rings is 3. The Labute approximate surface area is 204 Å². The van der Waals surface area contributed by atoms with Gasteiger partial charge < -0.3 is 21.7 Å². The molecule has 3 aromatic rings. The van der Waals surface area contributed by atoms with E-state index in [4.69, 9.17) is 5.73 Å². The van der Waals surface area contributed by atoms with Gasteiger partial charge >= 0.3 is 0 Å². The second-order valence-electron chi connectivity index (χ2n) is 7.62. The lowest BCUT2D eigenvalue weighted by atomic mass is 9.77. The minimum atomic E-state index is -1.01. The van der Waals surface area contributed by atoms with E-state index >= 15 is 0 Å². The maximum atomic E-state index is 13.6. The van der Waals surface area contributed by atoms with Gasteiger partial charge in [-0.1, -0.05) is 91.0 Å². The van der Waals surface area contributed by atoms with Crippen LogP contribution in [0.4, 0.5) is 0 Å². The molecule has 3 rings (SSSR count). The highest BCUT2D eigenvalue weighted by atomic mass is 32.1. The quantitative estimate of drug-likeness (QED) is 0.226. The Morgan fingerprint density at radius 3 is 1.59 bits per heavy atom. The summed E-state index contributed by atoms with van der Waals surface area (Å²) in [5, 5.41) is 8.24. The second kappa shape index (κ2) is 12.0. The van der Waals surface area contributed by atoms with Crippen molar-refractivity contribution >= 4 is 30.4 Å². The summed E-state index contributed by atoms with van der Waals surface area (Å²) in [6, 6.07) is 28.0.